The minimum atomic E-state index is 0.403. The van der Waals surface area contributed by atoms with E-state index in [2.05, 4.69) is 133 Å². The fourth-order valence-corrected chi connectivity index (χ4v) is 7.90. The summed E-state index contributed by atoms with van der Waals surface area (Å²) in [4.78, 5) is 0. The molecule has 51 heavy (non-hydrogen) atoms. The Bertz CT molecular complexity index is 2160. The van der Waals surface area contributed by atoms with E-state index >= 15 is 0 Å². The van der Waals surface area contributed by atoms with Crippen molar-refractivity contribution in [3.63, 3.8) is 0 Å². The molecule has 0 spiro atoms. The van der Waals surface area contributed by atoms with Gasteiger partial charge in [-0.25, -0.2) is 0 Å². The number of nitrogens with zero attached hydrogens (tertiary/aromatic N) is 3. The first kappa shape index (κ1) is 34.5. The Labute approximate surface area is 303 Å². The smallest absolute Gasteiger partial charge is 0.248 e. The summed E-state index contributed by atoms with van der Waals surface area (Å²) in [7, 11) is 0. The molecule has 3 atom stereocenters. The molecular formula is C47H51N3O. The monoisotopic (exact) mass is 673 g/mol. The van der Waals surface area contributed by atoms with Crippen LogP contribution in [0.1, 0.15) is 95.7 Å². The van der Waals surface area contributed by atoms with E-state index in [4.69, 9.17) is 4.42 Å². The van der Waals surface area contributed by atoms with E-state index in [1.54, 1.807) is 0 Å². The van der Waals surface area contributed by atoms with Gasteiger partial charge in [-0.3, -0.25) is 0 Å². The average Bonchev–Trinajstić information content (AvgIpc) is 3.81. The number of aromatic nitrogens is 3. The van der Waals surface area contributed by atoms with E-state index in [-0.39, 0.29) is 0 Å². The first-order valence-corrected chi connectivity index (χ1v) is 19.2. The maximum atomic E-state index is 5.97. The van der Waals surface area contributed by atoms with Gasteiger partial charge in [0.1, 0.15) is 0 Å². The highest BCUT2D eigenvalue weighted by atomic mass is 16.4. The van der Waals surface area contributed by atoms with Gasteiger partial charge < -0.3 is 8.98 Å². The Morgan fingerprint density at radius 3 is 1.90 bits per heavy atom. The van der Waals surface area contributed by atoms with Gasteiger partial charge in [-0.05, 0) is 109 Å². The van der Waals surface area contributed by atoms with Crippen LogP contribution in [0.15, 0.2) is 126 Å². The predicted molar refractivity (Wildman–Crippen MR) is 214 cm³/mol. The van der Waals surface area contributed by atoms with Crippen LogP contribution < -0.4 is 0 Å². The van der Waals surface area contributed by atoms with Crippen molar-refractivity contribution in [3.05, 3.63) is 132 Å². The van der Waals surface area contributed by atoms with E-state index in [1.807, 2.05) is 30.3 Å². The summed E-state index contributed by atoms with van der Waals surface area (Å²) in [5.41, 5.74) is 9.86. The third-order valence-corrected chi connectivity index (χ3v) is 11.0. The maximum Gasteiger partial charge on any atom is 0.248 e. The van der Waals surface area contributed by atoms with Crippen molar-refractivity contribution in [3.8, 4) is 34.0 Å². The molecule has 2 heterocycles. The van der Waals surface area contributed by atoms with Crippen molar-refractivity contribution >= 4 is 21.8 Å². The molecule has 4 heteroatoms. The highest BCUT2D eigenvalue weighted by Crippen LogP contribution is 2.37. The number of unbranched alkanes of at least 4 members (excludes halogenated alkanes) is 1. The number of fused-ring (bicyclic) bond motifs is 3. The fourth-order valence-electron chi connectivity index (χ4n) is 7.90. The Morgan fingerprint density at radius 2 is 1.22 bits per heavy atom. The molecular weight excluding hydrogens is 623 g/mol. The molecule has 2 aromatic heterocycles. The van der Waals surface area contributed by atoms with Crippen LogP contribution in [0.3, 0.4) is 0 Å². The molecule has 0 fully saturated rings. The number of para-hydroxylation sites is 1. The van der Waals surface area contributed by atoms with Gasteiger partial charge in [0.25, 0.3) is 0 Å². The Kier molecular flexibility index (Phi) is 10.8. The molecule has 0 bridgehead atoms. The van der Waals surface area contributed by atoms with Crippen molar-refractivity contribution in [2.45, 2.75) is 91.0 Å². The van der Waals surface area contributed by atoms with E-state index < -0.39 is 0 Å². The van der Waals surface area contributed by atoms with Crippen LogP contribution in [0.4, 0.5) is 0 Å². The third kappa shape index (κ3) is 7.56. The highest BCUT2D eigenvalue weighted by molar-refractivity contribution is 6.08. The Hall–Kier alpha value is -4.96. The van der Waals surface area contributed by atoms with Gasteiger partial charge in [-0.1, -0.05) is 125 Å². The zero-order chi connectivity index (χ0) is 35.2. The van der Waals surface area contributed by atoms with Gasteiger partial charge >= 0.3 is 0 Å². The van der Waals surface area contributed by atoms with Crippen molar-refractivity contribution in [2.75, 3.05) is 0 Å². The van der Waals surface area contributed by atoms with Gasteiger partial charge in [0.05, 0.1) is 0 Å². The minimum absolute atomic E-state index is 0.403. The Balaban J connectivity index is 1.03. The molecule has 3 unspecified atom stereocenters. The molecule has 0 aliphatic heterocycles. The predicted octanol–water partition coefficient (Wildman–Crippen LogP) is 13.5. The fraction of sp³-hybridized carbons (Fsp3) is 0.319. The van der Waals surface area contributed by atoms with Crippen LogP contribution in [0.25, 0.3) is 55.8 Å². The quantitative estimate of drug-likeness (QED) is 0.109. The highest BCUT2D eigenvalue weighted by Gasteiger charge is 2.19. The summed E-state index contributed by atoms with van der Waals surface area (Å²) < 4.78 is 8.58. The van der Waals surface area contributed by atoms with Crippen molar-refractivity contribution in [2.24, 2.45) is 5.92 Å². The van der Waals surface area contributed by atoms with Gasteiger partial charge in [-0.2, -0.15) is 0 Å². The number of hydrogen-bond acceptors (Lipinski definition) is 3. The number of hydrogen-bond donors (Lipinski definition) is 0. The topological polar surface area (TPSA) is 43.9 Å². The zero-order valence-electron chi connectivity index (χ0n) is 30.7. The second-order valence-electron chi connectivity index (χ2n) is 14.4. The molecule has 0 radical (unpaired) electrons. The minimum Gasteiger partial charge on any atom is -0.416 e. The Morgan fingerprint density at radius 1 is 0.588 bits per heavy atom. The molecule has 0 saturated heterocycles. The van der Waals surface area contributed by atoms with E-state index in [0.29, 0.717) is 23.7 Å². The largest absolute Gasteiger partial charge is 0.416 e. The third-order valence-electron chi connectivity index (χ3n) is 11.0. The number of rotatable bonds is 15. The summed E-state index contributed by atoms with van der Waals surface area (Å²) in [5, 5.41) is 11.3. The summed E-state index contributed by atoms with van der Waals surface area (Å²) >= 11 is 0. The van der Waals surface area contributed by atoms with Crippen LogP contribution in [0.5, 0.6) is 0 Å². The summed E-state index contributed by atoms with van der Waals surface area (Å²) in [6, 6.07) is 44.2. The molecule has 5 aromatic carbocycles. The molecule has 0 saturated carbocycles. The molecule has 0 aliphatic rings. The average molecular weight is 674 g/mol. The first-order chi connectivity index (χ1) is 25.1. The summed E-state index contributed by atoms with van der Waals surface area (Å²) in [6.45, 7) is 9.39. The second-order valence-corrected chi connectivity index (χ2v) is 14.4. The molecule has 7 aromatic rings. The zero-order valence-corrected chi connectivity index (χ0v) is 30.7. The summed E-state index contributed by atoms with van der Waals surface area (Å²) in [6.07, 6.45) is 9.79. The molecule has 0 N–H and O–H groups in total. The second kappa shape index (κ2) is 15.9. The normalized spacial score (nSPS) is 13.5. The van der Waals surface area contributed by atoms with Crippen LogP contribution >= 0.6 is 0 Å². The van der Waals surface area contributed by atoms with E-state index in [1.165, 1.54) is 76.2 Å². The summed E-state index contributed by atoms with van der Waals surface area (Å²) in [5.74, 6) is 2.36. The van der Waals surface area contributed by atoms with Crippen LogP contribution in [0, 0.1) is 5.92 Å². The van der Waals surface area contributed by atoms with Crippen molar-refractivity contribution < 1.29 is 4.42 Å². The first-order valence-electron chi connectivity index (χ1n) is 19.2. The van der Waals surface area contributed by atoms with Gasteiger partial charge in [0.2, 0.25) is 11.8 Å². The molecule has 0 amide bonds. The number of benzene rings is 5. The SMILES string of the molecule is CCCCC(CC)Cc1ccc2c(c1)c1ccccc1n2C(C)CCC(CC)c1ccc(-c2ccc(-c3nnc(-c4ccccc4)o3)cc2)cc1. The van der Waals surface area contributed by atoms with Crippen molar-refractivity contribution in [1.82, 2.24) is 14.8 Å². The van der Waals surface area contributed by atoms with E-state index in [9.17, 15) is 0 Å². The lowest BCUT2D eigenvalue weighted by molar-refractivity contribution is 0.449. The standard InChI is InChI=1S/C47H51N3O/c1-5-8-14-34(6-2)31-35-20-30-45-43(32-35)42-17-12-13-18-44(42)50(45)33(4)19-21-36(7-3)37-22-24-38(25-23-37)39-26-28-41(29-27-39)47-49-48-46(51-47)40-15-10-9-11-16-40/h9-13,15-18,20,22-30,32-34,36H,5-8,14,19,21,31H2,1-4H3. The lowest BCUT2D eigenvalue weighted by Gasteiger charge is -2.21. The van der Waals surface area contributed by atoms with Gasteiger partial charge in [0.15, 0.2) is 0 Å². The van der Waals surface area contributed by atoms with Gasteiger partial charge in [0, 0.05) is 39.0 Å². The van der Waals surface area contributed by atoms with Crippen LogP contribution in [0.2, 0.25) is 0 Å². The van der Waals surface area contributed by atoms with Crippen LogP contribution in [-0.4, -0.2) is 14.8 Å². The molecule has 260 valence electrons. The van der Waals surface area contributed by atoms with Crippen molar-refractivity contribution in [1.29, 1.82) is 0 Å². The van der Waals surface area contributed by atoms with Crippen LogP contribution in [-0.2, 0) is 6.42 Å². The maximum absolute atomic E-state index is 5.97. The lowest BCUT2D eigenvalue weighted by Crippen LogP contribution is -2.08. The molecule has 0 aliphatic carbocycles. The molecule has 7 rings (SSSR count). The van der Waals surface area contributed by atoms with E-state index in [0.717, 1.165) is 36.3 Å². The lowest BCUT2D eigenvalue weighted by atomic mass is 9.89. The van der Waals surface area contributed by atoms with Gasteiger partial charge in [-0.15, -0.1) is 10.2 Å². The molecule has 4 nitrogen and oxygen atoms in total.